The van der Waals surface area contributed by atoms with Crippen molar-refractivity contribution in [2.24, 2.45) is 17.8 Å². The van der Waals surface area contributed by atoms with Crippen LogP contribution >= 0.6 is 0 Å². The smallest absolute Gasteiger partial charge is 0.195 e. The number of nitriles is 1. The first kappa shape index (κ1) is 23.3. The Morgan fingerprint density at radius 2 is 1.48 bits per heavy atom. The van der Waals surface area contributed by atoms with Gasteiger partial charge in [-0.25, -0.2) is 0 Å². The van der Waals surface area contributed by atoms with Crippen molar-refractivity contribution in [3.8, 4) is 6.07 Å². The molecule has 0 saturated heterocycles. The van der Waals surface area contributed by atoms with E-state index in [4.69, 9.17) is 5.26 Å². The average molecular weight is 432 g/mol. The first-order valence-electron chi connectivity index (χ1n) is 11.1. The van der Waals surface area contributed by atoms with E-state index in [1.807, 2.05) is 6.08 Å². The number of alkyl halides is 3. The van der Waals surface area contributed by atoms with E-state index < -0.39 is 17.6 Å². The Labute approximate surface area is 182 Å². The molecule has 0 radical (unpaired) electrons. The van der Waals surface area contributed by atoms with Crippen LogP contribution in [-0.2, 0) is 6.18 Å². The van der Waals surface area contributed by atoms with E-state index in [0.29, 0.717) is 23.7 Å². The Morgan fingerprint density at radius 1 is 0.935 bits per heavy atom. The summed E-state index contributed by atoms with van der Waals surface area (Å²) in [5.74, 6) is 0.987. The van der Waals surface area contributed by atoms with E-state index in [1.165, 1.54) is 29.9 Å². The van der Waals surface area contributed by atoms with Crippen molar-refractivity contribution in [2.45, 2.75) is 63.5 Å². The molecule has 2 fully saturated rings. The quantitative estimate of drug-likeness (QED) is 0.199. The van der Waals surface area contributed by atoms with Crippen molar-refractivity contribution >= 4 is 0 Å². The zero-order chi connectivity index (χ0) is 22.4. The normalized spacial score (nSPS) is 27.8. The Morgan fingerprint density at radius 3 is 2.00 bits per heavy atom. The fraction of sp³-hybridized carbons (Fsp3) is 0.500. The van der Waals surface area contributed by atoms with Crippen LogP contribution in [0.4, 0.5) is 17.6 Å². The van der Waals surface area contributed by atoms with Crippen molar-refractivity contribution in [1.82, 2.24) is 0 Å². The first-order valence-corrected chi connectivity index (χ1v) is 11.1. The minimum atomic E-state index is -4.29. The van der Waals surface area contributed by atoms with E-state index in [1.54, 1.807) is 18.2 Å². The zero-order valence-electron chi connectivity index (χ0n) is 17.7. The van der Waals surface area contributed by atoms with Crippen molar-refractivity contribution < 1.29 is 17.6 Å². The summed E-state index contributed by atoms with van der Waals surface area (Å²) >= 11 is 0. The highest BCUT2D eigenvalue weighted by Crippen LogP contribution is 2.44. The van der Waals surface area contributed by atoms with E-state index in [-0.39, 0.29) is 0 Å². The Balaban J connectivity index is 1.46. The van der Waals surface area contributed by atoms with Gasteiger partial charge in [0.25, 0.3) is 0 Å². The van der Waals surface area contributed by atoms with E-state index in [9.17, 15) is 17.6 Å². The molecule has 0 amide bonds. The Hall–Kier alpha value is -2.35. The lowest BCUT2D eigenvalue weighted by Crippen LogP contribution is -2.22. The van der Waals surface area contributed by atoms with Gasteiger partial charge >= 0.3 is 6.18 Å². The van der Waals surface area contributed by atoms with Crippen molar-refractivity contribution in [2.75, 3.05) is 0 Å². The predicted octanol–water partition coefficient (Wildman–Crippen LogP) is 8.27. The fourth-order valence-corrected chi connectivity index (χ4v) is 5.09. The predicted molar refractivity (Wildman–Crippen MR) is 115 cm³/mol. The Bertz CT molecular complexity index is 841. The maximum atomic E-state index is 12.9. The van der Waals surface area contributed by atoms with E-state index >= 15 is 0 Å². The van der Waals surface area contributed by atoms with Crippen LogP contribution in [-0.4, -0.2) is 0 Å². The highest BCUT2D eigenvalue weighted by Gasteiger charge is 2.32. The Kier molecular flexibility index (Phi) is 7.75. The van der Waals surface area contributed by atoms with Crippen LogP contribution in [0.3, 0.4) is 0 Å². The molecule has 2 aliphatic carbocycles. The number of hydrogen-bond donors (Lipinski definition) is 0. The SMILES string of the molecule is C=C([C@H]1CC[C@H](/C=C/C=C(\F)C#N)CC1)[C@H]1CC[C@H](c2ccc(C(F)(F)F)cc2)CC1. The van der Waals surface area contributed by atoms with E-state index in [0.717, 1.165) is 56.9 Å². The molecular formula is C26H29F4N. The second-order valence-electron chi connectivity index (χ2n) is 8.87. The highest BCUT2D eigenvalue weighted by atomic mass is 19.4. The van der Waals surface area contributed by atoms with Crippen LogP contribution in [0.15, 0.2) is 60.5 Å². The highest BCUT2D eigenvalue weighted by molar-refractivity contribution is 5.28. The van der Waals surface area contributed by atoms with Gasteiger partial charge < -0.3 is 0 Å². The molecule has 0 aromatic heterocycles. The summed E-state index contributed by atoms with van der Waals surface area (Å²) in [6.45, 7) is 4.42. The van der Waals surface area contributed by atoms with Gasteiger partial charge in [-0.3, -0.25) is 0 Å². The molecule has 0 unspecified atom stereocenters. The second-order valence-corrected chi connectivity index (χ2v) is 8.87. The monoisotopic (exact) mass is 431 g/mol. The van der Waals surface area contributed by atoms with Crippen LogP contribution in [0.2, 0.25) is 0 Å². The van der Waals surface area contributed by atoms with Gasteiger partial charge in [0.2, 0.25) is 0 Å². The number of allylic oxidation sites excluding steroid dienone is 5. The van der Waals surface area contributed by atoms with Crippen LogP contribution in [0, 0.1) is 29.1 Å². The maximum absolute atomic E-state index is 12.9. The first-order chi connectivity index (χ1) is 14.8. The molecular weight excluding hydrogens is 402 g/mol. The summed E-state index contributed by atoms with van der Waals surface area (Å²) in [5, 5.41) is 8.43. The molecule has 1 nitrogen and oxygen atoms in total. The molecule has 31 heavy (non-hydrogen) atoms. The number of nitrogens with zero attached hydrogens (tertiary/aromatic N) is 1. The molecule has 166 valence electrons. The molecule has 0 bridgehead atoms. The molecule has 0 spiro atoms. The van der Waals surface area contributed by atoms with Crippen molar-refractivity contribution in [3.05, 3.63) is 71.6 Å². The lowest BCUT2D eigenvalue weighted by atomic mass is 9.70. The molecule has 0 aliphatic heterocycles. The molecule has 0 N–H and O–H groups in total. The molecule has 2 saturated carbocycles. The van der Waals surface area contributed by atoms with Gasteiger partial charge in [-0.05, 0) is 98.8 Å². The molecule has 1 aromatic rings. The second kappa shape index (κ2) is 10.3. The third-order valence-corrected chi connectivity index (χ3v) is 6.99. The van der Waals surface area contributed by atoms with Gasteiger partial charge in [-0.1, -0.05) is 36.4 Å². The third-order valence-electron chi connectivity index (χ3n) is 6.99. The summed E-state index contributed by atoms with van der Waals surface area (Å²) < 4.78 is 51.2. The lowest BCUT2D eigenvalue weighted by molar-refractivity contribution is -0.137. The summed E-state index contributed by atoms with van der Waals surface area (Å²) in [7, 11) is 0. The van der Waals surface area contributed by atoms with Crippen molar-refractivity contribution in [1.29, 1.82) is 5.26 Å². The minimum Gasteiger partial charge on any atom is -0.195 e. The van der Waals surface area contributed by atoms with Gasteiger partial charge in [-0.2, -0.15) is 22.8 Å². The molecule has 0 heterocycles. The molecule has 1 aromatic carbocycles. The van der Waals surface area contributed by atoms with Gasteiger partial charge in [0.1, 0.15) is 6.07 Å². The van der Waals surface area contributed by atoms with Gasteiger partial charge in [0.05, 0.1) is 5.56 Å². The molecule has 5 heteroatoms. The minimum absolute atomic E-state index is 0.328. The van der Waals surface area contributed by atoms with Crippen LogP contribution in [0.5, 0.6) is 0 Å². The lowest BCUT2D eigenvalue weighted by Gasteiger charge is -2.36. The zero-order valence-corrected chi connectivity index (χ0v) is 17.7. The topological polar surface area (TPSA) is 23.8 Å². The molecule has 0 atom stereocenters. The summed E-state index contributed by atoms with van der Waals surface area (Å²) in [6.07, 6.45) is 8.87. The summed E-state index contributed by atoms with van der Waals surface area (Å²) in [5.41, 5.74) is 1.75. The number of halogens is 4. The standard InChI is InChI=1S/C26H29F4N/c1-18(20-7-5-19(6-8-20)3-2-4-25(27)17-31)21-9-11-22(12-10-21)23-13-15-24(16-14-23)26(28,29)30/h2-4,13-16,19-22H,1,5-12H2/b3-2+,25-4-/t19-,20-,21-,22-. The maximum Gasteiger partial charge on any atom is 0.416 e. The molecule has 2 aliphatic rings. The van der Waals surface area contributed by atoms with Gasteiger partial charge in [-0.15, -0.1) is 0 Å². The largest absolute Gasteiger partial charge is 0.416 e. The van der Waals surface area contributed by atoms with Crippen LogP contribution in [0.25, 0.3) is 0 Å². The third kappa shape index (κ3) is 6.32. The summed E-state index contributed by atoms with van der Waals surface area (Å²) in [6, 6.07) is 7.12. The van der Waals surface area contributed by atoms with Crippen molar-refractivity contribution in [3.63, 3.8) is 0 Å². The number of benzene rings is 1. The number of rotatable bonds is 5. The van der Waals surface area contributed by atoms with E-state index in [2.05, 4.69) is 6.58 Å². The number of hydrogen-bond acceptors (Lipinski definition) is 1. The van der Waals surface area contributed by atoms with Crippen LogP contribution in [0.1, 0.15) is 68.4 Å². The van der Waals surface area contributed by atoms with Gasteiger partial charge in [0, 0.05) is 0 Å². The summed E-state index contributed by atoms with van der Waals surface area (Å²) in [4.78, 5) is 0. The van der Waals surface area contributed by atoms with Gasteiger partial charge in [0.15, 0.2) is 5.83 Å². The average Bonchev–Trinajstić information content (AvgIpc) is 2.78. The molecule has 3 rings (SSSR count). The van der Waals surface area contributed by atoms with Crippen LogP contribution < -0.4 is 0 Å². The fourth-order valence-electron chi connectivity index (χ4n) is 5.09.